The molecule has 0 bridgehead atoms. The monoisotopic (exact) mass is 319 g/mol. The molecule has 0 aliphatic carbocycles. The number of ether oxygens (including phenoxy) is 1. The molecule has 0 unspecified atom stereocenters. The van der Waals surface area contributed by atoms with Gasteiger partial charge in [-0.05, 0) is 11.6 Å². The average molecular weight is 320 g/mol. The second-order valence-electron chi connectivity index (χ2n) is 4.71. The van der Waals surface area contributed by atoms with E-state index in [1.807, 2.05) is 4.90 Å². The Morgan fingerprint density at radius 3 is 2.29 bits per heavy atom. The molecular formula is C11H18ClN5O4. The molecule has 1 aliphatic rings. The molecule has 9 nitrogen and oxygen atoms in total. The Hall–Kier alpha value is -1.26. The Balaban J connectivity index is 2.21. The van der Waals surface area contributed by atoms with Crippen LogP contribution in [0.3, 0.4) is 0 Å². The minimum absolute atomic E-state index is 0.0169. The van der Waals surface area contributed by atoms with Crippen LogP contribution in [0.4, 0.5) is 11.9 Å². The van der Waals surface area contributed by atoms with Gasteiger partial charge in [0.15, 0.2) is 0 Å². The van der Waals surface area contributed by atoms with Gasteiger partial charge in [-0.1, -0.05) is 0 Å². The Labute approximate surface area is 126 Å². The van der Waals surface area contributed by atoms with Crippen molar-refractivity contribution in [1.29, 1.82) is 0 Å². The quantitative estimate of drug-likeness (QED) is 0.495. The van der Waals surface area contributed by atoms with Crippen LogP contribution in [-0.2, 0) is 4.74 Å². The first kappa shape index (κ1) is 16.1. The number of hydrogen-bond donors (Lipinski definition) is 4. The lowest BCUT2D eigenvalue weighted by molar-refractivity contribution is 0.0828. The Bertz CT molecular complexity index is 460. The fraction of sp³-hybridized carbons (Fsp3) is 0.727. The summed E-state index contributed by atoms with van der Waals surface area (Å²) in [5.41, 5.74) is -1.33. The fourth-order valence-electron chi connectivity index (χ4n) is 1.81. The molecule has 4 N–H and O–H groups in total. The summed E-state index contributed by atoms with van der Waals surface area (Å²) < 4.78 is 5.25. The lowest BCUT2D eigenvalue weighted by atomic mass is 10.0. The standard InChI is InChI=1S/C11H18ClN5O4/c12-8-13-9(16-11(5-18,6-19)7-20)15-10(14-8)17-1-3-21-4-2-17/h18-20H,1-7H2,(H,13,14,15,16). The van der Waals surface area contributed by atoms with E-state index < -0.39 is 25.4 Å². The van der Waals surface area contributed by atoms with E-state index >= 15 is 0 Å². The van der Waals surface area contributed by atoms with Crippen molar-refractivity contribution < 1.29 is 20.1 Å². The van der Waals surface area contributed by atoms with Gasteiger partial charge in [0, 0.05) is 13.1 Å². The van der Waals surface area contributed by atoms with Crippen molar-refractivity contribution >= 4 is 23.5 Å². The van der Waals surface area contributed by atoms with Crippen LogP contribution in [0.5, 0.6) is 0 Å². The first-order valence-electron chi connectivity index (χ1n) is 6.47. The Morgan fingerprint density at radius 2 is 1.71 bits per heavy atom. The summed E-state index contributed by atoms with van der Waals surface area (Å²) in [6.07, 6.45) is 0. The first-order valence-corrected chi connectivity index (χ1v) is 6.85. The van der Waals surface area contributed by atoms with Crippen molar-refractivity contribution in [2.75, 3.05) is 56.3 Å². The molecule has 1 aliphatic heterocycles. The normalized spacial score (nSPS) is 16.1. The van der Waals surface area contributed by atoms with Crippen LogP contribution in [-0.4, -0.2) is 81.9 Å². The number of morpholine rings is 1. The predicted octanol–water partition coefficient (Wildman–Crippen LogP) is -1.51. The molecule has 2 heterocycles. The average Bonchev–Trinajstić information content (AvgIpc) is 2.53. The van der Waals surface area contributed by atoms with E-state index in [9.17, 15) is 15.3 Å². The number of nitrogens with zero attached hydrogens (tertiary/aromatic N) is 4. The largest absolute Gasteiger partial charge is 0.394 e. The second kappa shape index (κ2) is 7.14. The van der Waals surface area contributed by atoms with Gasteiger partial charge < -0.3 is 30.3 Å². The summed E-state index contributed by atoms with van der Waals surface area (Å²) >= 11 is 5.88. The molecule has 2 rings (SSSR count). The number of halogens is 1. The van der Waals surface area contributed by atoms with Crippen molar-refractivity contribution in [1.82, 2.24) is 15.0 Å². The molecule has 0 spiro atoms. The van der Waals surface area contributed by atoms with Crippen molar-refractivity contribution in [3.63, 3.8) is 0 Å². The van der Waals surface area contributed by atoms with Gasteiger partial charge in [0.05, 0.1) is 33.0 Å². The molecule has 10 heteroatoms. The highest BCUT2D eigenvalue weighted by Gasteiger charge is 2.29. The van der Waals surface area contributed by atoms with Crippen molar-refractivity contribution in [3.8, 4) is 0 Å². The molecular weight excluding hydrogens is 302 g/mol. The summed E-state index contributed by atoms with van der Waals surface area (Å²) in [6, 6.07) is 0. The molecule has 1 fully saturated rings. The molecule has 0 atom stereocenters. The van der Waals surface area contributed by atoms with Gasteiger partial charge in [0.1, 0.15) is 5.54 Å². The zero-order chi connectivity index (χ0) is 15.3. The van der Waals surface area contributed by atoms with Gasteiger partial charge >= 0.3 is 0 Å². The van der Waals surface area contributed by atoms with Crippen LogP contribution in [0.25, 0.3) is 0 Å². The first-order chi connectivity index (χ1) is 10.1. The summed E-state index contributed by atoms with van der Waals surface area (Å²) in [5, 5.41) is 30.6. The number of aliphatic hydroxyl groups is 3. The summed E-state index contributed by atoms with van der Waals surface area (Å²) in [7, 11) is 0. The van der Waals surface area contributed by atoms with E-state index in [4.69, 9.17) is 16.3 Å². The number of anilines is 2. The van der Waals surface area contributed by atoms with Gasteiger partial charge in [0.2, 0.25) is 17.2 Å². The van der Waals surface area contributed by atoms with Crippen LogP contribution < -0.4 is 10.2 Å². The topological polar surface area (TPSA) is 124 Å². The maximum atomic E-state index is 9.31. The van der Waals surface area contributed by atoms with Crippen molar-refractivity contribution in [3.05, 3.63) is 5.28 Å². The van der Waals surface area contributed by atoms with Crippen LogP contribution >= 0.6 is 11.6 Å². The number of nitrogens with one attached hydrogen (secondary N) is 1. The third kappa shape index (κ3) is 3.89. The molecule has 1 aromatic rings. The smallest absolute Gasteiger partial charge is 0.231 e. The predicted molar refractivity (Wildman–Crippen MR) is 75.5 cm³/mol. The second-order valence-corrected chi connectivity index (χ2v) is 5.05. The number of aromatic nitrogens is 3. The van der Waals surface area contributed by atoms with E-state index in [0.717, 1.165) is 0 Å². The van der Waals surface area contributed by atoms with Crippen LogP contribution in [0.15, 0.2) is 0 Å². The van der Waals surface area contributed by atoms with E-state index in [2.05, 4.69) is 20.3 Å². The van der Waals surface area contributed by atoms with Gasteiger partial charge in [-0.15, -0.1) is 0 Å². The minimum Gasteiger partial charge on any atom is -0.394 e. The highest BCUT2D eigenvalue weighted by molar-refractivity contribution is 6.28. The fourth-order valence-corrected chi connectivity index (χ4v) is 1.96. The van der Waals surface area contributed by atoms with Crippen LogP contribution in [0, 0.1) is 0 Å². The summed E-state index contributed by atoms with van der Waals surface area (Å²) in [4.78, 5) is 14.0. The highest BCUT2D eigenvalue weighted by Crippen LogP contribution is 2.18. The van der Waals surface area contributed by atoms with Crippen molar-refractivity contribution in [2.45, 2.75) is 5.54 Å². The summed E-state index contributed by atoms with van der Waals surface area (Å²) in [5.74, 6) is 0.456. The Morgan fingerprint density at radius 1 is 1.10 bits per heavy atom. The molecule has 0 amide bonds. The van der Waals surface area contributed by atoms with E-state index in [1.165, 1.54) is 0 Å². The van der Waals surface area contributed by atoms with Crippen LogP contribution in [0.2, 0.25) is 5.28 Å². The molecule has 1 aromatic heterocycles. The third-order valence-corrected chi connectivity index (χ3v) is 3.34. The molecule has 0 saturated carbocycles. The van der Waals surface area contributed by atoms with E-state index in [-0.39, 0.29) is 11.2 Å². The molecule has 21 heavy (non-hydrogen) atoms. The maximum Gasteiger partial charge on any atom is 0.231 e. The van der Waals surface area contributed by atoms with E-state index in [1.54, 1.807) is 0 Å². The minimum atomic E-state index is -1.33. The number of hydrogen-bond acceptors (Lipinski definition) is 9. The van der Waals surface area contributed by atoms with Gasteiger partial charge in [-0.25, -0.2) is 0 Å². The van der Waals surface area contributed by atoms with E-state index in [0.29, 0.717) is 32.3 Å². The van der Waals surface area contributed by atoms with Crippen molar-refractivity contribution in [2.24, 2.45) is 0 Å². The molecule has 0 radical (unpaired) electrons. The van der Waals surface area contributed by atoms with Crippen LogP contribution in [0.1, 0.15) is 0 Å². The lowest BCUT2D eigenvalue weighted by Gasteiger charge is -2.30. The van der Waals surface area contributed by atoms with Gasteiger partial charge in [-0.2, -0.15) is 15.0 Å². The summed E-state index contributed by atoms with van der Waals surface area (Å²) in [6.45, 7) is 0.929. The zero-order valence-corrected chi connectivity index (χ0v) is 12.1. The highest BCUT2D eigenvalue weighted by atomic mass is 35.5. The third-order valence-electron chi connectivity index (χ3n) is 3.18. The number of aliphatic hydroxyl groups excluding tert-OH is 3. The zero-order valence-electron chi connectivity index (χ0n) is 11.4. The molecule has 1 saturated heterocycles. The molecule has 0 aromatic carbocycles. The van der Waals surface area contributed by atoms with Gasteiger partial charge in [0.25, 0.3) is 0 Å². The molecule has 118 valence electrons. The van der Waals surface area contributed by atoms with Gasteiger partial charge in [-0.3, -0.25) is 0 Å². The lowest BCUT2D eigenvalue weighted by Crippen LogP contribution is -2.49. The number of rotatable bonds is 6. The maximum absolute atomic E-state index is 9.31. The SMILES string of the molecule is OCC(CO)(CO)Nc1nc(Cl)nc(N2CCOCC2)n1. The Kier molecular flexibility index (Phi) is 5.48.